The van der Waals surface area contributed by atoms with Gasteiger partial charge in [-0.05, 0) is 44.2 Å². The summed E-state index contributed by atoms with van der Waals surface area (Å²) in [6.07, 6.45) is 0. The average Bonchev–Trinajstić information content (AvgIpc) is 2.94. The number of carbonyl (C=O) groups excluding carboxylic acids is 1. The predicted molar refractivity (Wildman–Crippen MR) is 109 cm³/mol. The molecule has 0 bridgehead atoms. The van der Waals surface area contributed by atoms with Crippen LogP contribution in [0, 0.1) is 12.7 Å². The van der Waals surface area contributed by atoms with Crippen LogP contribution in [0.25, 0.3) is 5.69 Å². The molecule has 2 heterocycles. The second kappa shape index (κ2) is 7.31. The van der Waals surface area contributed by atoms with Crippen LogP contribution < -0.4 is 10.1 Å². The molecule has 2 aromatic carbocycles. The predicted octanol–water partition coefficient (Wildman–Crippen LogP) is 4.49. The van der Waals surface area contributed by atoms with Gasteiger partial charge in [-0.2, -0.15) is 5.10 Å². The van der Waals surface area contributed by atoms with Gasteiger partial charge in [0.25, 0.3) is 0 Å². The van der Waals surface area contributed by atoms with Crippen LogP contribution in [0.5, 0.6) is 5.75 Å². The Hall–Kier alpha value is -2.80. The molecule has 5 nitrogen and oxygen atoms in total. The number of para-hydroxylation sites is 1. The molecule has 7 heteroatoms. The minimum Gasteiger partial charge on any atom is -0.496 e. The summed E-state index contributed by atoms with van der Waals surface area (Å²) in [4.78, 5) is 12.7. The number of carbonyl (C=O) groups is 1. The lowest BCUT2D eigenvalue weighted by Crippen LogP contribution is -2.22. The third-order valence-corrected chi connectivity index (χ3v) is 6.20. The maximum atomic E-state index is 13.4. The number of benzene rings is 2. The Morgan fingerprint density at radius 2 is 1.89 bits per heavy atom. The number of methoxy groups -OCH3 is 1. The van der Waals surface area contributed by atoms with Gasteiger partial charge < -0.3 is 10.1 Å². The number of ether oxygens (including phenoxy) is 1. The molecule has 28 heavy (non-hydrogen) atoms. The Morgan fingerprint density at radius 3 is 2.61 bits per heavy atom. The molecule has 0 spiro atoms. The normalized spacial score (nSPS) is 18.9. The third kappa shape index (κ3) is 3.16. The Kier molecular flexibility index (Phi) is 4.85. The SMILES string of the molecule is COc1ccccc1[C@H]1S[C@H](C)C(=O)Nc2c1c(C)nn2-c1ccc(F)cc1. The largest absolute Gasteiger partial charge is 0.496 e. The lowest BCUT2D eigenvalue weighted by atomic mass is 10.0. The number of anilines is 1. The molecule has 1 aliphatic rings. The van der Waals surface area contributed by atoms with Crippen molar-refractivity contribution in [1.82, 2.24) is 9.78 Å². The number of rotatable bonds is 3. The molecule has 3 aromatic rings. The summed E-state index contributed by atoms with van der Waals surface area (Å²) in [5.41, 5.74) is 3.40. The molecule has 2 atom stereocenters. The van der Waals surface area contributed by atoms with Crippen molar-refractivity contribution in [2.24, 2.45) is 0 Å². The molecule has 0 unspecified atom stereocenters. The van der Waals surface area contributed by atoms with Gasteiger partial charge in [-0.25, -0.2) is 9.07 Å². The Morgan fingerprint density at radius 1 is 1.18 bits per heavy atom. The van der Waals surface area contributed by atoms with Crippen LogP contribution in [0.1, 0.15) is 29.0 Å². The first kappa shape index (κ1) is 18.6. The van der Waals surface area contributed by atoms with Crippen LogP contribution in [0.3, 0.4) is 0 Å². The van der Waals surface area contributed by atoms with Crippen molar-refractivity contribution in [3.63, 3.8) is 0 Å². The smallest absolute Gasteiger partial charge is 0.238 e. The zero-order valence-corrected chi connectivity index (χ0v) is 16.6. The average molecular weight is 397 g/mol. The number of nitrogens with zero attached hydrogens (tertiary/aromatic N) is 2. The van der Waals surface area contributed by atoms with E-state index in [0.29, 0.717) is 11.5 Å². The highest BCUT2D eigenvalue weighted by Gasteiger charge is 2.35. The fraction of sp³-hybridized carbons (Fsp3) is 0.238. The fourth-order valence-corrected chi connectivity index (χ4v) is 4.76. The van der Waals surface area contributed by atoms with Crippen molar-refractivity contribution in [1.29, 1.82) is 0 Å². The van der Waals surface area contributed by atoms with Gasteiger partial charge in [0.05, 0.1) is 29.0 Å². The van der Waals surface area contributed by atoms with E-state index in [1.807, 2.05) is 38.1 Å². The summed E-state index contributed by atoms with van der Waals surface area (Å²) < 4.78 is 20.6. The van der Waals surface area contributed by atoms with E-state index in [1.54, 1.807) is 35.7 Å². The number of thioether (sulfide) groups is 1. The van der Waals surface area contributed by atoms with Crippen LogP contribution in [0.4, 0.5) is 10.2 Å². The number of aryl methyl sites for hydroxylation is 1. The zero-order valence-electron chi connectivity index (χ0n) is 15.8. The Labute approximate surface area is 166 Å². The van der Waals surface area contributed by atoms with Gasteiger partial charge in [0, 0.05) is 11.1 Å². The zero-order chi connectivity index (χ0) is 19.8. The van der Waals surface area contributed by atoms with Gasteiger partial charge in [0.15, 0.2) is 0 Å². The fourth-order valence-electron chi connectivity index (χ4n) is 3.41. The first-order valence-corrected chi connectivity index (χ1v) is 9.88. The Bertz CT molecular complexity index is 1030. The third-order valence-electron chi connectivity index (χ3n) is 4.81. The lowest BCUT2D eigenvalue weighted by molar-refractivity contribution is -0.115. The van der Waals surface area contributed by atoms with E-state index in [1.165, 1.54) is 12.1 Å². The van der Waals surface area contributed by atoms with E-state index in [-0.39, 0.29) is 22.2 Å². The van der Waals surface area contributed by atoms with Crippen molar-refractivity contribution in [3.05, 3.63) is 71.2 Å². The minimum absolute atomic E-state index is 0.0908. The maximum absolute atomic E-state index is 13.4. The molecule has 4 rings (SSSR count). The summed E-state index contributed by atoms with van der Waals surface area (Å²) in [5, 5.41) is 7.28. The minimum atomic E-state index is -0.321. The van der Waals surface area contributed by atoms with Crippen LogP contribution >= 0.6 is 11.8 Å². The summed E-state index contributed by atoms with van der Waals surface area (Å²) in [5.74, 6) is 0.967. The number of amides is 1. The highest BCUT2D eigenvalue weighted by molar-refractivity contribution is 8.01. The molecule has 0 radical (unpaired) electrons. The maximum Gasteiger partial charge on any atom is 0.238 e. The van der Waals surface area contributed by atoms with Gasteiger partial charge in [-0.1, -0.05) is 18.2 Å². The lowest BCUT2D eigenvalue weighted by Gasteiger charge is -2.19. The molecule has 0 saturated heterocycles. The van der Waals surface area contributed by atoms with Crippen molar-refractivity contribution in [2.45, 2.75) is 24.3 Å². The van der Waals surface area contributed by atoms with Gasteiger partial charge >= 0.3 is 0 Å². The first-order valence-electron chi connectivity index (χ1n) is 8.94. The molecular formula is C21H20FN3O2S. The first-order chi connectivity index (χ1) is 13.5. The topological polar surface area (TPSA) is 56.1 Å². The van der Waals surface area contributed by atoms with Gasteiger partial charge in [0.2, 0.25) is 5.91 Å². The standard InChI is InChI=1S/C21H20FN3O2S/c1-12-18-19(16-6-4-5-7-17(16)27-3)28-13(2)21(26)23-20(18)25(24-12)15-10-8-14(22)9-11-15/h4-11,13,19H,1-3H3,(H,23,26)/t13-,19-/m1/s1. The number of halogens is 1. The molecule has 0 saturated carbocycles. The van der Waals surface area contributed by atoms with E-state index in [2.05, 4.69) is 10.4 Å². The van der Waals surface area contributed by atoms with Crippen molar-refractivity contribution < 1.29 is 13.9 Å². The highest BCUT2D eigenvalue weighted by atomic mass is 32.2. The summed E-state index contributed by atoms with van der Waals surface area (Å²) in [6.45, 7) is 3.81. The van der Waals surface area contributed by atoms with Crippen molar-refractivity contribution in [2.75, 3.05) is 12.4 Å². The van der Waals surface area contributed by atoms with E-state index in [9.17, 15) is 9.18 Å². The molecule has 0 aliphatic carbocycles. The molecule has 1 N–H and O–H groups in total. The second-order valence-corrected chi connectivity index (χ2v) is 8.08. The van der Waals surface area contributed by atoms with Gasteiger partial charge in [-0.15, -0.1) is 11.8 Å². The van der Waals surface area contributed by atoms with Crippen LogP contribution in [0.15, 0.2) is 48.5 Å². The number of hydrogen-bond acceptors (Lipinski definition) is 4. The van der Waals surface area contributed by atoms with Gasteiger partial charge in [0.1, 0.15) is 17.4 Å². The molecule has 144 valence electrons. The second-order valence-electron chi connectivity index (χ2n) is 6.63. The van der Waals surface area contributed by atoms with E-state index in [4.69, 9.17) is 4.74 Å². The molecule has 1 amide bonds. The molecule has 0 fully saturated rings. The van der Waals surface area contributed by atoms with Crippen molar-refractivity contribution >= 4 is 23.5 Å². The number of aromatic nitrogens is 2. The molecule has 1 aliphatic heterocycles. The summed E-state index contributed by atoms with van der Waals surface area (Å²) in [7, 11) is 1.64. The van der Waals surface area contributed by atoms with Crippen LogP contribution in [-0.4, -0.2) is 28.0 Å². The van der Waals surface area contributed by atoms with E-state index < -0.39 is 0 Å². The van der Waals surface area contributed by atoms with Gasteiger partial charge in [-0.3, -0.25) is 4.79 Å². The number of nitrogens with one attached hydrogen (secondary N) is 1. The highest BCUT2D eigenvalue weighted by Crippen LogP contribution is 2.48. The molecular weight excluding hydrogens is 377 g/mol. The number of fused-ring (bicyclic) bond motifs is 1. The van der Waals surface area contributed by atoms with E-state index in [0.717, 1.165) is 22.6 Å². The summed E-state index contributed by atoms with van der Waals surface area (Å²) >= 11 is 1.56. The monoisotopic (exact) mass is 397 g/mol. The Balaban J connectivity index is 1.93. The van der Waals surface area contributed by atoms with E-state index >= 15 is 0 Å². The molecule has 1 aromatic heterocycles. The van der Waals surface area contributed by atoms with Crippen molar-refractivity contribution in [3.8, 4) is 11.4 Å². The van der Waals surface area contributed by atoms with Crippen LogP contribution in [-0.2, 0) is 4.79 Å². The quantitative estimate of drug-likeness (QED) is 0.707. The summed E-state index contributed by atoms with van der Waals surface area (Å²) in [6, 6.07) is 13.9. The van der Waals surface area contributed by atoms with Crippen LogP contribution in [0.2, 0.25) is 0 Å². The number of hydrogen-bond donors (Lipinski definition) is 1.